The molecule has 0 heterocycles. The van der Waals surface area contributed by atoms with E-state index in [9.17, 15) is 0 Å². The monoisotopic (exact) mass is 200 g/mol. The van der Waals surface area contributed by atoms with Gasteiger partial charge < -0.3 is 11.1 Å². The fourth-order valence-corrected chi connectivity index (χ4v) is 1.56. The fraction of sp³-hybridized carbons (Fsp3) is 1.00. The van der Waals surface area contributed by atoms with Gasteiger partial charge in [0, 0.05) is 12.6 Å². The molecule has 0 aliphatic carbocycles. The molecule has 0 aromatic carbocycles. The molecule has 0 aromatic heterocycles. The van der Waals surface area contributed by atoms with Gasteiger partial charge in [0.2, 0.25) is 0 Å². The molecule has 2 heteroatoms. The first-order chi connectivity index (χ1) is 6.74. The van der Waals surface area contributed by atoms with E-state index < -0.39 is 0 Å². The summed E-state index contributed by atoms with van der Waals surface area (Å²) in [6, 6.07) is 0.332. The molecule has 3 N–H and O–H groups in total. The van der Waals surface area contributed by atoms with E-state index in [0.717, 1.165) is 25.4 Å². The molecular formula is C12H28N2. The minimum absolute atomic E-state index is 0.332. The minimum Gasteiger partial charge on any atom is -0.327 e. The summed E-state index contributed by atoms with van der Waals surface area (Å²) in [6.45, 7) is 8.79. The summed E-state index contributed by atoms with van der Waals surface area (Å²) in [4.78, 5) is 0. The third-order valence-corrected chi connectivity index (χ3v) is 2.91. The van der Waals surface area contributed by atoms with E-state index in [1.165, 1.54) is 25.7 Å². The van der Waals surface area contributed by atoms with Crippen molar-refractivity contribution in [2.45, 2.75) is 58.9 Å². The minimum atomic E-state index is 0.332. The highest BCUT2D eigenvalue weighted by Gasteiger charge is 2.05. The molecule has 0 saturated carbocycles. The zero-order valence-electron chi connectivity index (χ0n) is 10.2. The van der Waals surface area contributed by atoms with E-state index in [4.69, 9.17) is 5.73 Å². The van der Waals surface area contributed by atoms with Gasteiger partial charge in [-0.1, -0.05) is 40.0 Å². The largest absolute Gasteiger partial charge is 0.327 e. The summed E-state index contributed by atoms with van der Waals surface area (Å²) in [5.41, 5.74) is 5.84. The quantitative estimate of drug-likeness (QED) is 0.600. The summed E-state index contributed by atoms with van der Waals surface area (Å²) in [5, 5.41) is 3.47. The number of nitrogens with two attached hydrogens (primary N) is 1. The lowest BCUT2D eigenvalue weighted by Crippen LogP contribution is -2.35. The lowest BCUT2D eigenvalue weighted by molar-refractivity contribution is 0.410. The van der Waals surface area contributed by atoms with Crippen molar-refractivity contribution in [3.63, 3.8) is 0 Å². The van der Waals surface area contributed by atoms with Crippen LogP contribution in [0.4, 0.5) is 0 Å². The molecule has 0 saturated heterocycles. The molecule has 2 unspecified atom stereocenters. The van der Waals surface area contributed by atoms with Gasteiger partial charge in [-0.2, -0.15) is 0 Å². The Morgan fingerprint density at radius 2 is 1.79 bits per heavy atom. The highest BCUT2D eigenvalue weighted by molar-refractivity contribution is 4.65. The molecule has 2 nitrogen and oxygen atoms in total. The Morgan fingerprint density at radius 3 is 2.29 bits per heavy atom. The molecule has 14 heavy (non-hydrogen) atoms. The second kappa shape index (κ2) is 9.47. The van der Waals surface area contributed by atoms with Crippen LogP contribution in [0.25, 0.3) is 0 Å². The van der Waals surface area contributed by atoms with Gasteiger partial charge in [-0.05, 0) is 25.3 Å². The molecule has 0 aliphatic heterocycles. The van der Waals surface area contributed by atoms with Crippen LogP contribution in [-0.4, -0.2) is 19.1 Å². The second-order valence-corrected chi connectivity index (χ2v) is 4.24. The van der Waals surface area contributed by atoms with Crippen LogP contribution < -0.4 is 11.1 Å². The van der Waals surface area contributed by atoms with Crippen molar-refractivity contribution in [1.82, 2.24) is 5.32 Å². The molecule has 0 fully saturated rings. The molecule has 0 aromatic rings. The number of unbranched alkanes of at least 4 members (excludes halogenated alkanes) is 1. The van der Waals surface area contributed by atoms with Crippen molar-refractivity contribution in [3.05, 3.63) is 0 Å². The Labute approximate surface area is 89.6 Å². The van der Waals surface area contributed by atoms with Crippen molar-refractivity contribution >= 4 is 0 Å². The first-order valence-electron chi connectivity index (χ1n) is 6.20. The van der Waals surface area contributed by atoms with Crippen molar-refractivity contribution in [1.29, 1.82) is 0 Å². The smallest absolute Gasteiger partial charge is 0.0162 e. The lowest BCUT2D eigenvalue weighted by Gasteiger charge is -2.17. The molecule has 0 bridgehead atoms. The Hall–Kier alpha value is -0.0800. The lowest BCUT2D eigenvalue weighted by atomic mass is 9.99. The standard InChI is InChI=1S/C12H28N2/c1-4-7-8-11(5-2)9-14-10-12(13)6-3/h11-12,14H,4-10,13H2,1-3H3. The van der Waals surface area contributed by atoms with Gasteiger partial charge in [0.15, 0.2) is 0 Å². The Bertz CT molecular complexity index is 115. The topological polar surface area (TPSA) is 38.0 Å². The van der Waals surface area contributed by atoms with Crippen molar-refractivity contribution < 1.29 is 0 Å². The molecule has 86 valence electrons. The number of rotatable bonds is 9. The molecular weight excluding hydrogens is 172 g/mol. The highest BCUT2D eigenvalue weighted by atomic mass is 14.9. The average molecular weight is 200 g/mol. The Morgan fingerprint density at radius 1 is 1.07 bits per heavy atom. The number of nitrogens with one attached hydrogen (secondary N) is 1. The van der Waals surface area contributed by atoms with E-state index in [0.29, 0.717) is 6.04 Å². The number of hydrogen-bond acceptors (Lipinski definition) is 2. The van der Waals surface area contributed by atoms with Gasteiger partial charge in [0.05, 0.1) is 0 Å². The molecule has 0 aliphatic rings. The SMILES string of the molecule is CCCCC(CC)CNCC(N)CC. The fourth-order valence-electron chi connectivity index (χ4n) is 1.56. The van der Waals surface area contributed by atoms with Crippen LogP contribution in [-0.2, 0) is 0 Å². The van der Waals surface area contributed by atoms with Crippen molar-refractivity contribution in [3.8, 4) is 0 Å². The van der Waals surface area contributed by atoms with Gasteiger partial charge in [-0.15, -0.1) is 0 Å². The van der Waals surface area contributed by atoms with Crippen LogP contribution in [0, 0.1) is 5.92 Å². The zero-order valence-corrected chi connectivity index (χ0v) is 10.2. The first kappa shape index (κ1) is 13.9. The van der Waals surface area contributed by atoms with E-state index in [-0.39, 0.29) is 0 Å². The zero-order chi connectivity index (χ0) is 10.8. The number of hydrogen-bond donors (Lipinski definition) is 2. The van der Waals surface area contributed by atoms with Crippen LogP contribution in [0.5, 0.6) is 0 Å². The Kier molecular flexibility index (Phi) is 9.42. The summed E-state index contributed by atoms with van der Waals surface area (Å²) >= 11 is 0. The predicted octanol–water partition coefficient (Wildman–Crippen LogP) is 2.53. The van der Waals surface area contributed by atoms with Crippen LogP contribution in [0.3, 0.4) is 0 Å². The predicted molar refractivity (Wildman–Crippen MR) is 64.4 cm³/mol. The van der Waals surface area contributed by atoms with Crippen LogP contribution in [0.15, 0.2) is 0 Å². The average Bonchev–Trinajstić information content (AvgIpc) is 2.22. The summed E-state index contributed by atoms with van der Waals surface area (Å²) in [6.07, 6.45) is 6.39. The Balaban J connectivity index is 3.42. The van der Waals surface area contributed by atoms with Gasteiger partial charge in [-0.25, -0.2) is 0 Å². The normalized spacial score (nSPS) is 15.4. The summed E-state index contributed by atoms with van der Waals surface area (Å²) < 4.78 is 0. The van der Waals surface area contributed by atoms with Crippen molar-refractivity contribution in [2.24, 2.45) is 11.7 Å². The van der Waals surface area contributed by atoms with Gasteiger partial charge in [0.1, 0.15) is 0 Å². The van der Waals surface area contributed by atoms with Crippen LogP contribution in [0.2, 0.25) is 0 Å². The van der Waals surface area contributed by atoms with Gasteiger partial charge in [0.25, 0.3) is 0 Å². The molecule has 0 amide bonds. The van der Waals surface area contributed by atoms with Gasteiger partial charge >= 0.3 is 0 Å². The van der Waals surface area contributed by atoms with Crippen molar-refractivity contribution in [2.75, 3.05) is 13.1 Å². The van der Waals surface area contributed by atoms with E-state index in [1.807, 2.05) is 0 Å². The van der Waals surface area contributed by atoms with E-state index in [1.54, 1.807) is 0 Å². The maximum Gasteiger partial charge on any atom is 0.0162 e. The second-order valence-electron chi connectivity index (χ2n) is 4.24. The molecule has 2 atom stereocenters. The first-order valence-corrected chi connectivity index (χ1v) is 6.20. The third kappa shape index (κ3) is 7.34. The molecule has 0 rings (SSSR count). The third-order valence-electron chi connectivity index (χ3n) is 2.91. The van der Waals surface area contributed by atoms with Crippen LogP contribution in [0.1, 0.15) is 52.9 Å². The maximum atomic E-state index is 5.84. The van der Waals surface area contributed by atoms with Crippen LogP contribution >= 0.6 is 0 Å². The highest BCUT2D eigenvalue weighted by Crippen LogP contribution is 2.10. The summed E-state index contributed by atoms with van der Waals surface area (Å²) in [7, 11) is 0. The maximum absolute atomic E-state index is 5.84. The molecule has 0 radical (unpaired) electrons. The summed E-state index contributed by atoms with van der Waals surface area (Å²) in [5.74, 6) is 0.846. The molecule has 0 spiro atoms. The van der Waals surface area contributed by atoms with E-state index in [2.05, 4.69) is 26.1 Å². The van der Waals surface area contributed by atoms with Gasteiger partial charge in [-0.3, -0.25) is 0 Å². The van der Waals surface area contributed by atoms with E-state index >= 15 is 0 Å².